The van der Waals surface area contributed by atoms with Gasteiger partial charge in [0.15, 0.2) is 0 Å². The van der Waals surface area contributed by atoms with Crippen LogP contribution < -0.4 is 5.32 Å². The second-order valence-electron chi connectivity index (χ2n) is 4.11. The molecule has 1 fully saturated rings. The minimum absolute atomic E-state index is 0.164. The topological polar surface area (TPSA) is 51.0 Å². The Balaban J connectivity index is 1.86. The fourth-order valence-corrected chi connectivity index (χ4v) is 1.99. The Morgan fingerprint density at radius 2 is 2.12 bits per heavy atom. The molecule has 17 heavy (non-hydrogen) atoms. The van der Waals surface area contributed by atoms with E-state index >= 15 is 0 Å². The average molecular weight is 233 g/mol. The summed E-state index contributed by atoms with van der Waals surface area (Å²) in [5.74, 6) is 0.852. The van der Waals surface area contributed by atoms with Crippen LogP contribution in [0.25, 0.3) is 11.4 Å². The van der Waals surface area contributed by atoms with Gasteiger partial charge in [0, 0.05) is 5.56 Å². The minimum Gasteiger partial charge on any atom is -0.337 e. The fourth-order valence-electron chi connectivity index (χ4n) is 1.99. The molecular weight excluding hydrogens is 221 g/mol. The van der Waals surface area contributed by atoms with E-state index in [0.29, 0.717) is 11.7 Å². The van der Waals surface area contributed by atoms with Crippen LogP contribution in [0.15, 0.2) is 28.8 Å². The van der Waals surface area contributed by atoms with Gasteiger partial charge in [0.25, 0.3) is 0 Å². The number of hydrogen-bond acceptors (Lipinski definition) is 4. The number of halogens is 1. The van der Waals surface area contributed by atoms with Gasteiger partial charge in [0.05, 0.1) is 6.04 Å². The third-order valence-corrected chi connectivity index (χ3v) is 2.90. The lowest BCUT2D eigenvalue weighted by atomic mass is 10.2. The predicted octanol–water partition coefficient (Wildman–Crippen LogP) is 2.30. The highest BCUT2D eigenvalue weighted by Gasteiger charge is 2.22. The molecule has 1 aliphatic rings. The first-order valence-corrected chi connectivity index (χ1v) is 5.66. The van der Waals surface area contributed by atoms with E-state index in [4.69, 9.17) is 4.52 Å². The van der Waals surface area contributed by atoms with E-state index in [1.807, 2.05) is 0 Å². The molecule has 0 amide bonds. The normalized spacial score (nSPS) is 19.7. The van der Waals surface area contributed by atoms with Gasteiger partial charge in [0.1, 0.15) is 5.82 Å². The molecule has 5 heteroatoms. The molecule has 1 aromatic carbocycles. The summed E-state index contributed by atoms with van der Waals surface area (Å²) in [5.41, 5.74) is 0.763. The third-order valence-electron chi connectivity index (χ3n) is 2.90. The first kappa shape index (κ1) is 10.4. The number of nitrogens with zero attached hydrogens (tertiary/aromatic N) is 2. The summed E-state index contributed by atoms with van der Waals surface area (Å²) in [6, 6.07) is 6.23. The Kier molecular flexibility index (Phi) is 2.60. The Morgan fingerprint density at radius 1 is 1.29 bits per heavy atom. The van der Waals surface area contributed by atoms with Gasteiger partial charge in [0.2, 0.25) is 11.7 Å². The molecule has 0 bridgehead atoms. The quantitative estimate of drug-likeness (QED) is 0.864. The van der Waals surface area contributed by atoms with Crippen LogP contribution in [0.1, 0.15) is 24.8 Å². The van der Waals surface area contributed by atoms with Crippen molar-refractivity contribution in [3.63, 3.8) is 0 Å². The van der Waals surface area contributed by atoms with Crippen LogP contribution in [0.3, 0.4) is 0 Å². The molecule has 0 spiro atoms. The summed E-state index contributed by atoms with van der Waals surface area (Å²) in [7, 11) is 0. The number of hydrogen-bond donors (Lipinski definition) is 1. The molecule has 0 aliphatic carbocycles. The highest BCUT2D eigenvalue weighted by molar-refractivity contribution is 5.53. The third kappa shape index (κ3) is 2.06. The number of nitrogens with one attached hydrogen (secondary N) is 1. The molecule has 2 heterocycles. The molecule has 0 saturated carbocycles. The maximum absolute atomic E-state index is 12.8. The summed E-state index contributed by atoms with van der Waals surface area (Å²) in [6.45, 7) is 0.985. The molecule has 4 nitrogen and oxygen atoms in total. The van der Waals surface area contributed by atoms with Crippen molar-refractivity contribution in [3.8, 4) is 11.4 Å². The largest absolute Gasteiger partial charge is 0.337 e. The van der Waals surface area contributed by atoms with Crippen LogP contribution in [0, 0.1) is 5.82 Å². The average Bonchev–Trinajstić information content (AvgIpc) is 3.00. The van der Waals surface area contributed by atoms with Crippen LogP contribution in [0.5, 0.6) is 0 Å². The van der Waals surface area contributed by atoms with Crippen molar-refractivity contribution in [2.75, 3.05) is 6.54 Å². The summed E-state index contributed by atoms with van der Waals surface area (Å²) >= 11 is 0. The van der Waals surface area contributed by atoms with Crippen LogP contribution in [-0.4, -0.2) is 16.7 Å². The standard InChI is InChI=1S/C12H12FN3O/c13-9-5-3-8(4-6-9)11-15-12(17-16-11)10-2-1-7-14-10/h3-6,10,14H,1-2,7H2/t10-/m1/s1. The molecule has 3 rings (SSSR count). The lowest BCUT2D eigenvalue weighted by Gasteiger charge is -2.01. The van der Waals surface area contributed by atoms with Gasteiger partial charge in [-0.15, -0.1) is 0 Å². The van der Waals surface area contributed by atoms with E-state index in [-0.39, 0.29) is 11.9 Å². The molecule has 1 aromatic heterocycles. The molecule has 1 atom stereocenters. The number of aromatic nitrogens is 2. The molecule has 88 valence electrons. The van der Waals surface area contributed by atoms with Gasteiger partial charge in [-0.25, -0.2) is 4.39 Å². The Labute approximate surface area is 97.8 Å². The second-order valence-corrected chi connectivity index (χ2v) is 4.11. The fraction of sp³-hybridized carbons (Fsp3) is 0.333. The van der Waals surface area contributed by atoms with Gasteiger partial charge in [-0.1, -0.05) is 5.16 Å². The Bertz CT molecular complexity index is 503. The van der Waals surface area contributed by atoms with E-state index in [1.165, 1.54) is 12.1 Å². The zero-order valence-corrected chi connectivity index (χ0v) is 9.19. The first-order valence-electron chi connectivity index (χ1n) is 5.66. The SMILES string of the molecule is Fc1ccc(-c2noc([C@H]3CCCN3)n2)cc1. The molecule has 1 saturated heterocycles. The van der Waals surface area contributed by atoms with Crippen molar-refractivity contribution < 1.29 is 8.91 Å². The van der Waals surface area contributed by atoms with E-state index in [1.54, 1.807) is 12.1 Å². The van der Waals surface area contributed by atoms with Crippen molar-refractivity contribution in [1.29, 1.82) is 0 Å². The van der Waals surface area contributed by atoms with Gasteiger partial charge in [-0.3, -0.25) is 0 Å². The Morgan fingerprint density at radius 3 is 2.82 bits per heavy atom. The first-order chi connectivity index (χ1) is 8.33. The van der Waals surface area contributed by atoms with Crippen molar-refractivity contribution >= 4 is 0 Å². The van der Waals surface area contributed by atoms with Crippen LogP contribution in [0.4, 0.5) is 4.39 Å². The van der Waals surface area contributed by atoms with Crippen molar-refractivity contribution in [2.45, 2.75) is 18.9 Å². The van der Waals surface area contributed by atoms with Gasteiger partial charge in [-0.05, 0) is 43.7 Å². The highest BCUT2D eigenvalue weighted by Crippen LogP contribution is 2.24. The summed E-state index contributed by atoms with van der Waals surface area (Å²) in [6.07, 6.45) is 2.14. The molecule has 0 unspecified atom stereocenters. The van der Waals surface area contributed by atoms with Gasteiger partial charge < -0.3 is 9.84 Å². The van der Waals surface area contributed by atoms with Crippen molar-refractivity contribution in [1.82, 2.24) is 15.5 Å². The predicted molar refractivity (Wildman–Crippen MR) is 59.7 cm³/mol. The molecule has 1 N–H and O–H groups in total. The molecule has 1 aliphatic heterocycles. The maximum Gasteiger partial charge on any atom is 0.244 e. The second kappa shape index (κ2) is 4.25. The summed E-state index contributed by atoms with van der Waals surface area (Å²) in [5, 5.41) is 7.20. The zero-order chi connectivity index (χ0) is 11.7. The molecular formula is C12H12FN3O. The van der Waals surface area contributed by atoms with Gasteiger partial charge in [-0.2, -0.15) is 4.98 Å². The van der Waals surface area contributed by atoms with E-state index < -0.39 is 0 Å². The monoisotopic (exact) mass is 233 g/mol. The van der Waals surface area contributed by atoms with E-state index in [9.17, 15) is 4.39 Å². The Hall–Kier alpha value is -1.75. The van der Waals surface area contributed by atoms with Crippen molar-refractivity contribution in [3.05, 3.63) is 36.0 Å². The molecule has 0 radical (unpaired) electrons. The summed E-state index contributed by atoms with van der Waals surface area (Å²) < 4.78 is 18.0. The summed E-state index contributed by atoms with van der Waals surface area (Å²) in [4.78, 5) is 4.33. The van der Waals surface area contributed by atoms with E-state index in [2.05, 4.69) is 15.5 Å². The smallest absolute Gasteiger partial charge is 0.244 e. The van der Waals surface area contributed by atoms with Crippen LogP contribution in [-0.2, 0) is 0 Å². The zero-order valence-electron chi connectivity index (χ0n) is 9.19. The highest BCUT2D eigenvalue weighted by atomic mass is 19.1. The lowest BCUT2D eigenvalue weighted by Crippen LogP contribution is -2.12. The number of rotatable bonds is 2. The lowest BCUT2D eigenvalue weighted by molar-refractivity contribution is 0.345. The maximum atomic E-state index is 12.8. The molecule has 2 aromatic rings. The van der Waals surface area contributed by atoms with Gasteiger partial charge >= 0.3 is 0 Å². The van der Waals surface area contributed by atoms with Crippen molar-refractivity contribution in [2.24, 2.45) is 0 Å². The number of benzene rings is 1. The minimum atomic E-state index is -0.269. The van der Waals surface area contributed by atoms with Crippen LogP contribution >= 0.6 is 0 Å². The van der Waals surface area contributed by atoms with E-state index in [0.717, 1.165) is 24.9 Å². The van der Waals surface area contributed by atoms with Crippen LogP contribution in [0.2, 0.25) is 0 Å².